The number of carbonyl (C=O) groups excluding carboxylic acids is 1. The Morgan fingerprint density at radius 1 is 1.58 bits per heavy atom. The monoisotopic (exact) mass is 282 g/mol. The Kier molecular flexibility index (Phi) is 4.32. The van der Waals surface area contributed by atoms with Gasteiger partial charge in [0.25, 0.3) is 5.91 Å². The first kappa shape index (κ1) is 14.2. The first-order valence-corrected chi connectivity index (χ1v) is 6.92. The van der Waals surface area contributed by atoms with Gasteiger partial charge in [0.05, 0.1) is 5.02 Å². The number of carbonyl (C=O) groups is 1. The highest BCUT2D eigenvalue weighted by Crippen LogP contribution is 2.27. The molecular weight excluding hydrogens is 264 g/mol. The number of aromatic hydroxyl groups is 1. The molecule has 1 aromatic carbocycles. The van der Waals surface area contributed by atoms with Crippen molar-refractivity contribution in [3.63, 3.8) is 0 Å². The maximum Gasteiger partial charge on any atom is 0.254 e. The summed E-state index contributed by atoms with van der Waals surface area (Å²) >= 11 is 5.85. The van der Waals surface area contributed by atoms with E-state index in [9.17, 15) is 9.90 Å². The summed E-state index contributed by atoms with van der Waals surface area (Å²) in [6.45, 7) is 3.32. The van der Waals surface area contributed by atoms with Crippen molar-refractivity contribution in [2.75, 3.05) is 13.1 Å². The van der Waals surface area contributed by atoms with E-state index in [2.05, 4.69) is 6.92 Å². The van der Waals surface area contributed by atoms with Gasteiger partial charge in [0.15, 0.2) is 0 Å². The molecule has 1 saturated heterocycles. The molecule has 1 fully saturated rings. The molecule has 4 nitrogen and oxygen atoms in total. The SMILES string of the molecule is CC1CCCN(C(=O)c2ccc(O)c(Cl)c2)C1CN. The molecule has 5 heteroatoms. The number of hydrogen-bond donors (Lipinski definition) is 2. The van der Waals surface area contributed by atoms with Gasteiger partial charge in [0, 0.05) is 24.7 Å². The minimum absolute atomic E-state index is 0.0133. The maximum atomic E-state index is 12.5. The number of piperidine rings is 1. The van der Waals surface area contributed by atoms with Crippen LogP contribution in [0.25, 0.3) is 0 Å². The smallest absolute Gasteiger partial charge is 0.254 e. The van der Waals surface area contributed by atoms with Crippen LogP contribution in [0.4, 0.5) is 0 Å². The highest BCUT2D eigenvalue weighted by atomic mass is 35.5. The average molecular weight is 283 g/mol. The van der Waals surface area contributed by atoms with Gasteiger partial charge in [-0.1, -0.05) is 18.5 Å². The summed E-state index contributed by atoms with van der Waals surface area (Å²) < 4.78 is 0. The molecule has 0 radical (unpaired) electrons. The van der Waals surface area contributed by atoms with Gasteiger partial charge < -0.3 is 15.7 Å². The molecule has 2 unspecified atom stereocenters. The summed E-state index contributed by atoms with van der Waals surface area (Å²) in [6, 6.07) is 4.62. The van der Waals surface area contributed by atoms with E-state index in [0.29, 0.717) is 18.0 Å². The fraction of sp³-hybridized carbons (Fsp3) is 0.500. The van der Waals surface area contributed by atoms with Crippen LogP contribution < -0.4 is 5.73 Å². The van der Waals surface area contributed by atoms with Crippen LogP contribution in [0, 0.1) is 5.92 Å². The van der Waals surface area contributed by atoms with E-state index < -0.39 is 0 Å². The molecule has 1 aliphatic rings. The molecule has 0 aromatic heterocycles. The third-order valence-corrected chi connectivity index (χ3v) is 4.12. The fourth-order valence-corrected chi connectivity index (χ4v) is 2.85. The number of halogens is 1. The van der Waals surface area contributed by atoms with E-state index >= 15 is 0 Å². The van der Waals surface area contributed by atoms with E-state index in [4.69, 9.17) is 17.3 Å². The number of nitrogens with two attached hydrogens (primary N) is 1. The Balaban J connectivity index is 2.24. The Morgan fingerprint density at radius 3 is 2.95 bits per heavy atom. The van der Waals surface area contributed by atoms with Crippen molar-refractivity contribution in [1.29, 1.82) is 0 Å². The lowest BCUT2D eigenvalue weighted by atomic mass is 9.90. The number of rotatable bonds is 2. The van der Waals surface area contributed by atoms with Gasteiger partial charge in [-0.25, -0.2) is 0 Å². The molecule has 3 N–H and O–H groups in total. The molecular formula is C14H19ClN2O2. The lowest BCUT2D eigenvalue weighted by Crippen LogP contribution is -2.51. The molecule has 19 heavy (non-hydrogen) atoms. The van der Waals surface area contributed by atoms with Crippen molar-refractivity contribution in [3.05, 3.63) is 28.8 Å². The largest absolute Gasteiger partial charge is 0.506 e. The summed E-state index contributed by atoms with van der Waals surface area (Å²) in [4.78, 5) is 14.3. The lowest BCUT2D eigenvalue weighted by molar-refractivity contribution is 0.0532. The predicted octanol–water partition coefficient (Wildman–Crippen LogP) is 2.24. The second-order valence-electron chi connectivity index (χ2n) is 5.09. The van der Waals surface area contributed by atoms with Crippen molar-refractivity contribution < 1.29 is 9.90 Å². The number of phenolic OH excluding ortho intramolecular Hbond substituents is 1. The summed E-state index contributed by atoms with van der Waals surface area (Å²) in [7, 11) is 0. The normalized spacial score (nSPS) is 23.4. The Bertz CT molecular complexity index is 479. The minimum Gasteiger partial charge on any atom is -0.506 e. The topological polar surface area (TPSA) is 66.6 Å². The summed E-state index contributed by atoms with van der Waals surface area (Å²) in [5, 5.41) is 9.59. The van der Waals surface area contributed by atoms with Gasteiger partial charge in [-0.2, -0.15) is 0 Å². The quantitative estimate of drug-likeness (QED) is 0.874. The molecule has 0 spiro atoms. The first-order valence-electron chi connectivity index (χ1n) is 6.54. The highest BCUT2D eigenvalue weighted by Gasteiger charge is 2.31. The second kappa shape index (κ2) is 5.80. The van der Waals surface area contributed by atoms with Crippen LogP contribution in [0.1, 0.15) is 30.1 Å². The average Bonchev–Trinajstić information content (AvgIpc) is 2.40. The zero-order valence-electron chi connectivity index (χ0n) is 11.0. The molecule has 1 heterocycles. The van der Waals surface area contributed by atoms with Crippen LogP contribution in [0.2, 0.25) is 5.02 Å². The number of benzene rings is 1. The predicted molar refractivity (Wildman–Crippen MR) is 75.4 cm³/mol. The van der Waals surface area contributed by atoms with Crippen molar-refractivity contribution >= 4 is 17.5 Å². The highest BCUT2D eigenvalue weighted by molar-refractivity contribution is 6.32. The fourth-order valence-electron chi connectivity index (χ4n) is 2.67. The van der Waals surface area contributed by atoms with Crippen LogP contribution in [0.3, 0.4) is 0 Å². The van der Waals surface area contributed by atoms with Gasteiger partial charge in [-0.15, -0.1) is 0 Å². The van der Waals surface area contributed by atoms with Crippen molar-refractivity contribution in [1.82, 2.24) is 4.90 Å². The van der Waals surface area contributed by atoms with Crippen molar-refractivity contribution in [3.8, 4) is 5.75 Å². The molecule has 1 amide bonds. The third kappa shape index (κ3) is 2.85. The number of likely N-dealkylation sites (tertiary alicyclic amines) is 1. The van der Waals surface area contributed by atoms with Gasteiger partial charge in [0.2, 0.25) is 0 Å². The van der Waals surface area contributed by atoms with Gasteiger partial charge in [0.1, 0.15) is 5.75 Å². The number of hydrogen-bond acceptors (Lipinski definition) is 3. The van der Waals surface area contributed by atoms with E-state index in [-0.39, 0.29) is 22.7 Å². The number of nitrogens with zero attached hydrogens (tertiary/aromatic N) is 1. The third-order valence-electron chi connectivity index (χ3n) is 3.81. The second-order valence-corrected chi connectivity index (χ2v) is 5.49. The molecule has 2 rings (SSSR count). The summed E-state index contributed by atoms with van der Waals surface area (Å²) in [5.41, 5.74) is 6.29. The Morgan fingerprint density at radius 2 is 2.32 bits per heavy atom. The molecule has 104 valence electrons. The molecule has 0 bridgehead atoms. The number of phenols is 1. The van der Waals surface area contributed by atoms with Crippen LogP contribution in [-0.2, 0) is 0 Å². The lowest BCUT2D eigenvalue weighted by Gasteiger charge is -2.39. The van der Waals surface area contributed by atoms with Gasteiger partial charge >= 0.3 is 0 Å². The Hall–Kier alpha value is -1.26. The van der Waals surface area contributed by atoms with E-state index in [1.165, 1.54) is 12.1 Å². The molecule has 0 saturated carbocycles. The summed E-state index contributed by atoms with van der Waals surface area (Å²) in [6.07, 6.45) is 2.09. The molecule has 2 atom stereocenters. The Labute approximate surface area is 118 Å². The summed E-state index contributed by atoms with van der Waals surface area (Å²) in [5.74, 6) is 0.333. The minimum atomic E-state index is -0.0658. The maximum absolute atomic E-state index is 12.5. The standard InChI is InChI=1S/C14H19ClN2O2/c1-9-3-2-6-17(12(9)8-16)14(19)10-4-5-13(18)11(15)7-10/h4-5,7,9,12,18H,2-3,6,8,16H2,1H3. The van der Waals surface area contributed by atoms with Gasteiger partial charge in [-0.3, -0.25) is 4.79 Å². The number of amides is 1. The van der Waals surface area contributed by atoms with Crippen molar-refractivity contribution in [2.45, 2.75) is 25.8 Å². The molecule has 0 aliphatic carbocycles. The molecule has 1 aliphatic heterocycles. The van der Waals surface area contributed by atoms with E-state index in [1.54, 1.807) is 6.07 Å². The first-order chi connectivity index (χ1) is 9.04. The van der Waals surface area contributed by atoms with Crippen LogP contribution in [0.5, 0.6) is 5.75 Å². The van der Waals surface area contributed by atoms with Crippen LogP contribution >= 0.6 is 11.6 Å². The molecule has 1 aromatic rings. The van der Waals surface area contributed by atoms with E-state index in [1.807, 2.05) is 4.90 Å². The van der Waals surface area contributed by atoms with E-state index in [0.717, 1.165) is 19.4 Å². The van der Waals surface area contributed by atoms with Crippen LogP contribution in [0.15, 0.2) is 18.2 Å². The van der Waals surface area contributed by atoms with Crippen LogP contribution in [-0.4, -0.2) is 35.0 Å². The van der Waals surface area contributed by atoms with Crippen molar-refractivity contribution in [2.24, 2.45) is 11.7 Å². The zero-order valence-corrected chi connectivity index (χ0v) is 11.7. The zero-order chi connectivity index (χ0) is 14.0. The van der Waals surface area contributed by atoms with Gasteiger partial charge in [-0.05, 0) is 37.0 Å².